The molecule has 0 spiro atoms. The van der Waals surface area contributed by atoms with Gasteiger partial charge in [-0.3, -0.25) is 0 Å². The van der Waals surface area contributed by atoms with Crippen LogP contribution in [-0.4, -0.2) is 4.98 Å². The second-order valence-electron chi connectivity index (χ2n) is 5.29. The van der Waals surface area contributed by atoms with Gasteiger partial charge in [0.2, 0.25) is 5.89 Å². The Kier molecular flexibility index (Phi) is 4.60. The molecule has 0 aliphatic rings. The van der Waals surface area contributed by atoms with Crippen molar-refractivity contribution in [2.45, 2.75) is 20.5 Å². The predicted octanol–water partition coefficient (Wildman–Crippen LogP) is 5.84. The van der Waals surface area contributed by atoms with Crippen LogP contribution in [0.15, 0.2) is 46.9 Å². The molecule has 0 saturated heterocycles. The van der Waals surface area contributed by atoms with E-state index in [1.165, 1.54) is 0 Å². The zero-order chi connectivity index (χ0) is 16.4. The number of nitrogens with zero attached hydrogens (tertiary/aromatic N) is 1. The second kappa shape index (κ2) is 6.65. The van der Waals surface area contributed by atoms with Gasteiger partial charge < -0.3 is 9.15 Å². The van der Waals surface area contributed by atoms with Crippen LogP contribution in [0, 0.1) is 13.8 Å². The maximum atomic E-state index is 6.02. The van der Waals surface area contributed by atoms with Crippen LogP contribution in [0.5, 0.6) is 5.75 Å². The highest BCUT2D eigenvalue weighted by atomic mass is 35.5. The fourth-order valence-electron chi connectivity index (χ4n) is 2.22. The third-order valence-electron chi connectivity index (χ3n) is 3.37. The first kappa shape index (κ1) is 15.9. The summed E-state index contributed by atoms with van der Waals surface area (Å²) in [7, 11) is 0. The maximum absolute atomic E-state index is 6.02. The number of benzene rings is 2. The highest BCUT2D eigenvalue weighted by molar-refractivity contribution is 6.35. The van der Waals surface area contributed by atoms with Crippen molar-refractivity contribution in [1.29, 1.82) is 0 Å². The molecular formula is C18H15Cl2NO2. The normalized spacial score (nSPS) is 10.8. The lowest BCUT2D eigenvalue weighted by Gasteiger charge is -2.04. The quantitative estimate of drug-likeness (QED) is 0.594. The third-order valence-corrected chi connectivity index (χ3v) is 3.80. The second-order valence-corrected chi connectivity index (χ2v) is 6.16. The topological polar surface area (TPSA) is 35.3 Å². The summed E-state index contributed by atoms with van der Waals surface area (Å²) in [4.78, 5) is 4.49. The van der Waals surface area contributed by atoms with E-state index in [9.17, 15) is 0 Å². The van der Waals surface area contributed by atoms with Gasteiger partial charge in [-0.15, -0.1) is 0 Å². The standard InChI is InChI=1S/C18H15Cl2NO2/c1-11-4-3-5-16(6-11)22-10-17-12(2)23-18(21-17)13-7-14(19)9-15(20)8-13/h3-9H,10H2,1-2H3. The summed E-state index contributed by atoms with van der Waals surface area (Å²) in [5.41, 5.74) is 2.64. The van der Waals surface area contributed by atoms with Gasteiger partial charge in [0.25, 0.3) is 0 Å². The van der Waals surface area contributed by atoms with Crippen LogP contribution in [0.1, 0.15) is 17.0 Å². The summed E-state index contributed by atoms with van der Waals surface area (Å²) < 4.78 is 11.5. The Morgan fingerprint density at radius 1 is 1.04 bits per heavy atom. The minimum Gasteiger partial charge on any atom is -0.487 e. The predicted molar refractivity (Wildman–Crippen MR) is 92.2 cm³/mol. The van der Waals surface area contributed by atoms with Crippen molar-refractivity contribution in [3.8, 4) is 17.2 Å². The lowest BCUT2D eigenvalue weighted by Crippen LogP contribution is -1.97. The van der Waals surface area contributed by atoms with Crippen LogP contribution in [0.25, 0.3) is 11.5 Å². The van der Waals surface area contributed by atoms with Gasteiger partial charge in [-0.1, -0.05) is 35.3 Å². The van der Waals surface area contributed by atoms with Crippen molar-refractivity contribution in [1.82, 2.24) is 4.98 Å². The molecule has 23 heavy (non-hydrogen) atoms. The summed E-state index contributed by atoms with van der Waals surface area (Å²) in [5.74, 6) is 2.00. The summed E-state index contributed by atoms with van der Waals surface area (Å²) in [6.45, 7) is 4.22. The number of ether oxygens (including phenoxy) is 1. The number of hydrogen-bond acceptors (Lipinski definition) is 3. The zero-order valence-corrected chi connectivity index (χ0v) is 14.3. The molecule has 0 N–H and O–H groups in total. The summed E-state index contributed by atoms with van der Waals surface area (Å²) in [6.07, 6.45) is 0. The first-order valence-corrected chi connectivity index (χ1v) is 7.89. The Balaban J connectivity index is 1.81. The lowest BCUT2D eigenvalue weighted by molar-refractivity contribution is 0.299. The highest BCUT2D eigenvalue weighted by Gasteiger charge is 2.13. The molecule has 0 aliphatic carbocycles. The third kappa shape index (κ3) is 3.87. The molecule has 3 rings (SSSR count). The van der Waals surface area contributed by atoms with Crippen LogP contribution < -0.4 is 4.74 Å². The highest BCUT2D eigenvalue weighted by Crippen LogP contribution is 2.28. The van der Waals surface area contributed by atoms with Crippen molar-refractivity contribution in [2.75, 3.05) is 0 Å². The molecule has 1 aromatic heterocycles. The van der Waals surface area contributed by atoms with Gasteiger partial charge in [0, 0.05) is 15.6 Å². The molecule has 0 radical (unpaired) electrons. The first-order chi connectivity index (χ1) is 11.0. The van der Waals surface area contributed by atoms with E-state index < -0.39 is 0 Å². The van der Waals surface area contributed by atoms with E-state index in [1.54, 1.807) is 18.2 Å². The molecule has 3 aromatic rings. The number of oxazole rings is 1. The van der Waals surface area contributed by atoms with Gasteiger partial charge in [-0.25, -0.2) is 4.98 Å². The number of hydrogen-bond donors (Lipinski definition) is 0. The van der Waals surface area contributed by atoms with Gasteiger partial charge in [-0.2, -0.15) is 0 Å². The molecule has 0 unspecified atom stereocenters. The number of rotatable bonds is 4. The van der Waals surface area contributed by atoms with Gasteiger partial charge >= 0.3 is 0 Å². The van der Waals surface area contributed by atoms with E-state index in [1.807, 2.05) is 38.1 Å². The monoisotopic (exact) mass is 347 g/mol. The van der Waals surface area contributed by atoms with Crippen LogP contribution in [0.2, 0.25) is 10.0 Å². The van der Waals surface area contributed by atoms with Crippen molar-refractivity contribution < 1.29 is 9.15 Å². The van der Waals surface area contributed by atoms with Crippen LogP contribution >= 0.6 is 23.2 Å². The summed E-state index contributed by atoms with van der Waals surface area (Å²) >= 11 is 12.0. The van der Waals surface area contributed by atoms with Gasteiger partial charge in [-0.05, 0) is 49.7 Å². The number of aromatic nitrogens is 1. The maximum Gasteiger partial charge on any atom is 0.226 e. The summed E-state index contributed by atoms with van der Waals surface area (Å²) in [5, 5.41) is 1.09. The SMILES string of the molecule is Cc1cccc(OCc2nc(-c3cc(Cl)cc(Cl)c3)oc2C)c1. The molecular weight excluding hydrogens is 333 g/mol. The van der Waals surface area contributed by atoms with E-state index in [4.69, 9.17) is 32.4 Å². The Bertz CT molecular complexity index is 823. The molecule has 5 heteroatoms. The molecule has 118 valence electrons. The van der Waals surface area contributed by atoms with E-state index in [-0.39, 0.29) is 0 Å². The Morgan fingerprint density at radius 2 is 1.78 bits per heavy atom. The van der Waals surface area contributed by atoms with Crippen molar-refractivity contribution in [3.05, 3.63) is 69.5 Å². The van der Waals surface area contributed by atoms with Crippen LogP contribution in [0.3, 0.4) is 0 Å². The van der Waals surface area contributed by atoms with Gasteiger partial charge in [0.15, 0.2) is 0 Å². The molecule has 0 atom stereocenters. The molecule has 0 saturated carbocycles. The fourth-order valence-corrected chi connectivity index (χ4v) is 2.75. The molecule has 0 bridgehead atoms. The van der Waals surface area contributed by atoms with Gasteiger partial charge in [0.05, 0.1) is 0 Å². The smallest absolute Gasteiger partial charge is 0.226 e. The molecule has 0 aliphatic heterocycles. The molecule has 0 amide bonds. The number of halogens is 2. The molecule has 0 fully saturated rings. The largest absolute Gasteiger partial charge is 0.487 e. The minimum atomic E-state index is 0.340. The average molecular weight is 348 g/mol. The van der Waals surface area contributed by atoms with E-state index in [0.29, 0.717) is 28.3 Å². The Morgan fingerprint density at radius 3 is 2.48 bits per heavy atom. The Hall–Kier alpha value is -1.97. The molecule has 1 heterocycles. The average Bonchev–Trinajstić information content (AvgIpc) is 2.85. The van der Waals surface area contributed by atoms with Crippen molar-refractivity contribution in [2.24, 2.45) is 0 Å². The lowest BCUT2D eigenvalue weighted by atomic mass is 10.2. The van der Waals surface area contributed by atoms with Crippen LogP contribution in [0.4, 0.5) is 0 Å². The number of aryl methyl sites for hydroxylation is 2. The van der Waals surface area contributed by atoms with E-state index in [2.05, 4.69) is 4.98 Å². The zero-order valence-electron chi connectivity index (χ0n) is 12.8. The van der Waals surface area contributed by atoms with E-state index >= 15 is 0 Å². The van der Waals surface area contributed by atoms with Crippen molar-refractivity contribution >= 4 is 23.2 Å². The Labute approximate surface area is 144 Å². The van der Waals surface area contributed by atoms with Gasteiger partial charge in [0.1, 0.15) is 23.8 Å². The summed E-state index contributed by atoms with van der Waals surface area (Å²) in [6, 6.07) is 13.1. The minimum absolute atomic E-state index is 0.340. The molecule has 3 nitrogen and oxygen atoms in total. The first-order valence-electron chi connectivity index (χ1n) is 7.13. The van der Waals surface area contributed by atoms with Crippen LogP contribution in [-0.2, 0) is 6.61 Å². The fraction of sp³-hybridized carbons (Fsp3) is 0.167. The van der Waals surface area contributed by atoms with Crippen molar-refractivity contribution in [3.63, 3.8) is 0 Å². The molecule has 2 aromatic carbocycles. The van der Waals surface area contributed by atoms with E-state index in [0.717, 1.165) is 22.6 Å².